The summed E-state index contributed by atoms with van der Waals surface area (Å²) in [6, 6.07) is 2.94. The van der Waals surface area contributed by atoms with Crippen LogP contribution < -0.4 is 5.32 Å². The maximum atomic E-state index is 12.7. The molecule has 0 aromatic carbocycles. The van der Waals surface area contributed by atoms with E-state index < -0.39 is 0 Å². The van der Waals surface area contributed by atoms with Crippen LogP contribution in [-0.4, -0.2) is 51.2 Å². The fourth-order valence-electron chi connectivity index (χ4n) is 3.45. The second-order valence-electron chi connectivity index (χ2n) is 6.12. The van der Waals surface area contributed by atoms with Crippen molar-refractivity contribution in [2.75, 3.05) is 13.1 Å². The Morgan fingerprint density at radius 3 is 2.87 bits per heavy atom. The molecule has 126 valence electrons. The van der Waals surface area contributed by atoms with E-state index in [1.807, 2.05) is 17.9 Å². The van der Waals surface area contributed by atoms with Crippen LogP contribution in [0.4, 0.5) is 0 Å². The van der Waals surface area contributed by atoms with Gasteiger partial charge in [0.05, 0.1) is 5.56 Å². The van der Waals surface area contributed by atoms with E-state index in [0.717, 1.165) is 30.6 Å². The molecule has 2 aromatic heterocycles. The van der Waals surface area contributed by atoms with Gasteiger partial charge >= 0.3 is 0 Å². The van der Waals surface area contributed by atoms with Crippen molar-refractivity contribution >= 4 is 41.8 Å². The van der Waals surface area contributed by atoms with Gasteiger partial charge in [0.1, 0.15) is 0 Å². The number of rotatable bonds is 1. The van der Waals surface area contributed by atoms with Gasteiger partial charge in [-0.05, 0) is 32.3 Å². The average molecular weight is 358 g/mol. The lowest BCUT2D eigenvalue weighted by atomic mass is 10.1. The van der Waals surface area contributed by atoms with Gasteiger partial charge in [-0.15, -0.1) is 24.8 Å². The summed E-state index contributed by atoms with van der Waals surface area (Å²) >= 11 is 0. The Balaban J connectivity index is 0.000000960. The number of hydrogen-bond acceptors (Lipinski definition) is 4. The van der Waals surface area contributed by atoms with Crippen LogP contribution in [0.25, 0.3) is 11.0 Å². The standard InChI is InChI=1S/C15H19N5O.2ClH/c1-9-13-6-10(7-16-14(13)19-18-9)15(21)20-5-4-11-2-3-12(8-20)17-11;;/h6-7,11-12,17H,2-5,8H2,1H3,(H,16,18,19);2*1H. The molecule has 0 aliphatic carbocycles. The van der Waals surface area contributed by atoms with Crippen LogP contribution in [0.5, 0.6) is 0 Å². The summed E-state index contributed by atoms with van der Waals surface area (Å²) < 4.78 is 0. The van der Waals surface area contributed by atoms with Crippen LogP contribution in [0.1, 0.15) is 35.3 Å². The van der Waals surface area contributed by atoms with E-state index in [4.69, 9.17) is 0 Å². The summed E-state index contributed by atoms with van der Waals surface area (Å²) in [5.74, 6) is 0.0827. The number of carbonyl (C=O) groups is 1. The highest BCUT2D eigenvalue weighted by molar-refractivity contribution is 5.97. The van der Waals surface area contributed by atoms with E-state index >= 15 is 0 Å². The maximum Gasteiger partial charge on any atom is 0.255 e. The van der Waals surface area contributed by atoms with E-state index in [1.165, 1.54) is 12.8 Å². The first-order valence-corrected chi connectivity index (χ1v) is 7.57. The third-order valence-corrected chi connectivity index (χ3v) is 4.66. The monoisotopic (exact) mass is 357 g/mol. The van der Waals surface area contributed by atoms with Crippen LogP contribution >= 0.6 is 24.8 Å². The molecule has 4 rings (SSSR count). The Hall–Kier alpha value is -1.37. The summed E-state index contributed by atoms with van der Waals surface area (Å²) in [6.45, 7) is 3.58. The molecule has 2 saturated heterocycles. The van der Waals surface area contributed by atoms with E-state index in [1.54, 1.807) is 6.20 Å². The number of likely N-dealkylation sites (tertiary alicyclic amines) is 1. The van der Waals surface area contributed by atoms with Crippen LogP contribution in [0.2, 0.25) is 0 Å². The number of H-pyrrole nitrogens is 1. The number of halogens is 2. The number of aromatic nitrogens is 3. The predicted molar refractivity (Wildman–Crippen MR) is 93.6 cm³/mol. The van der Waals surface area contributed by atoms with Gasteiger partial charge in [0.15, 0.2) is 5.65 Å². The summed E-state index contributed by atoms with van der Waals surface area (Å²) in [5, 5.41) is 11.5. The van der Waals surface area contributed by atoms with Gasteiger partial charge in [0.2, 0.25) is 0 Å². The minimum absolute atomic E-state index is 0. The van der Waals surface area contributed by atoms with Crippen molar-refractivity contribution in [3.8, 4) is 0 Å². The first-order chi connectivity index (χ1) is 10.2. The molecule has 0 spiro atoms. The number of hydrogen-bond donors (Lipinski definition) is 2. The number of nitrogens with one attached hydrogen (secondary N) is 2. The summed E-state index contributed by atoms with van der Waals surface area (Å²) in [6.07, 6.45) is 5.10. The molecule has 2 bridgehead atoms. The molecule has 6 nitrogen and oxygen atoms in total. The molecule has 0 radical (unpaired) electrons. The van der Waals surface area contributed by atoms with E-state index in [2.05, 4.69) is 20.5 Å². The average Bonchev–Trinajstić information content (AvgIpc) is 3.01. The van der Waals surface area contributed by atoms with Crippen molar-refractivity contribution in [2.45, 2.75) is 38.3 Å². The number of pyridine rings is 1. The van der Waals surface area contributed by atoms with Gasteiger partial charge in [-0.2, -0.15) is 5.10 Å². The Labute approximate surface area is 147 Å². The summed E-state index contributed by atoms with van der Waals surface area (Å²) in [7, 11) is 0. The van der Waals surface area contributed by atoms with E-state index in [0.29, 0.717) is 23.3 Å². The molecule has 0 saturated carbocycles. The highest BCUT2D eigenvalue weighted by atomic mass is 35.5. The number of aromatic amines is 1. The lowest BCUT2D eigenvalue weighted by Crippen LogP contribution is -2.39. The molecule has 4 heterocycles. The molecule has 2 fully saturated rings. The number of amides is 1. The Morgan fingerprint density at radius 1 is 1.26 bits per heavy atom. The molecule has 2 aliphatic heterocycles. The van der Waals surface area contributed by atoms with Crippen LogP contribution in [0.3, 0.4) is 0 Å². The number of fused-ring (bicyclic) bond motifs is 3. The molecular weight excluding hydrogens is 337 g/mol. The molecule has 1 amide bonds. The number of carbonyl (C=O) groups excluding carboxylic acids is 1. The molecule has 8 heteroatoms. The third-order valence-electron chi connectivity index (χ3n) is 4.66. The zero-order chi connectivity index (χ0) is 14.4. The number of nitrogens with zero attached hydrogens (tertiary/aromatic N) is 3. The quantitative estimate of drug-likeness (QED) is 0.819. The first-order valence-electron chi connectivity index (χ1n) is 7.57. The van der Waals surface area contributed by atoms with Crippen LogP contribution in [-0.2, 0) is 0 Å². The molecule has 2 aliphatic rings. The second-order valence-corrected chi connectivity index (χ2v) is 6.12. The Morgan fingerprint density at radius 2 is 2.04 bits per heavy atom. The zero-order valence-corrected chi connectivity index (χ0v) is 14.5. The van der Waals surface area contributed by atoms with Crippen molar-refractivity contribution in [1.29, 1.82) is 0 Å². The highest BCUT2D eigenvalue weighted by Gasteiger charge is 2.31. The Bertz CT molecular complexity index is 704. The first kappa shape index (κ1) is 18.0. The van der Waals surface area contributed by atoms with Gasteiger partial charge in [-0.1, -0.05) is 0 Å². The second kappa shape index (κ2) is 7.03. The summed E-state index contributed by atoms with van der Waals surface area (Å²) in [5.41, 5.74) is 2.27. The lowest BCUT2D eigenvalue weighted by molar-refractivity contribution is 0.0748. The molecule has 2 atom stereocenters. The topological polar surface area (TPSA) is 73.9 Å². The highest BCUT2D eigenvalue weighted by Crippen LogP contribution is 2.22. The SMILES string of the molecule is Cc1[nH]nc2ncc(C(=O)N3CCC4CCC(C3)N4)cc12.Cl.Cl. The van der Waals surface area contributed by atoms with Gasteiger partial charge in [-0.3, -0.25) is 9.89 Å². The molecule has 2 N–H and O–H groups in total. The Kier molecular flexibility index (Phi) is 5.49. The van der Waals surface area contributed by atoms with Gasteiger partial charge in [0.25, 0.3) is 5.91 Å². The maximum absolute atomic E-state index is 12.7. The normalized spacial score (nSPS) is 23.1. The van der Waals surface area contributed by atoms with Crippen LogP contribution in [0, 0.1) is 6.92 Å². The van der Waals surface area contributed by atoms with Crippen LogP contribution in [0.15, 0.2) is 12.3 Å². The largest absolute Gasteiger partial charge is 0.337 e. The molecule has 23 heavy (non-hydrogen) atoms. The number of aryl methyl sites for hydroxylation is 1. The molecule has 2 unspecified atom stereocenters. The zero-order valence-electron chi connectivity index (χ0n) is 12.9. The van der Waals surface area contributed by atoms with Gasteiger partial charge in [-0.25, -0.2) is 4.98 Å². The van der Waals surface area contributed by atoms with E-state index in [-0.39, 0.29) is 30.7 Å². The van der Waals surface area contributed by atoms with Gasteiger partial charge in [0, 0.05) is 42.5 Å². The van der Waals surface area contributed by atoms with Crippen molar-refractivity contribution in [3.05, 3.63) is 23.5 Å². The fraction of sp³-hybridized carbons (Fsp3) is 0.533. The van der Waals surface area contributed by atoms with Gasteiger partial charge < -0.3 is 10.2 Å². The van der Waals surface area contributed by atoms with Crippen molar-refractivity contribution in [1.82, 2.24) is 25.4 Å². The van der Waals surface area contributed by atoms with Crippen molar-refractivity contribution in [2.24, 2.45) is 0 Å². The minimum Gasteiger partial charge on any atom is -0.337 e. The molecule has 2 aromatic rings. The third kappa shape index (κ3) is 3.29. The fourth-order valence-corrected chi connectivity index (χ4v) is 3.45. The van der Waals surface area contributed by atoms with Crippen molar-refractivity contribution < 1.29 is 4.79 Å². The summed E-state index contributed by atoms with van der Waals surface area (Å²) in [4.78, 5) is 19.0. The minimum atomic E-state index is 0. The predicted octanol–water partition coefficient (Wildman–Crippen LogP) is 2.08. The van der Waals surface area contributed by atoms with E-state index in [9.17, 15) is 4.79 Å². The lowest BCUT2D eigenvalue weighted by Gasteiger charge is -2.24. The van der Waals surface area contributed by atoms with Crippen molar-refractivity contribution in [3.63, 3.8) is 0 Å². The molecular formula is C15H21Cl2N5O. The smallest absolute Gasteiger partial charge is 0.255 e.